The molecule has 3 amide bonds. The Kier molecular flexibility index (Phi) is 5.96. The number of carbonyl (C=O) groups excluding carboxylic acids is 3. The Balaban J connectivity index is 1.64. The summed E-state index contributed by atoms with van der Waals surface area (Å²) < 4.78 is 0. The summed E-state index contributed by atoms with van der Waals surface area (Å²) in [6.45, 7) is 6.57. The van der Waals surface area contributed by atoms with E-state index in [0.29, 0.717) is 17.8 Å². The molecule has 2 aromatic rings. The topological polar surface area (TPSA) is 91.4 Å². The number of hydrogen-bond acceptors (Lipinski definition) is 4. The number of likely N-dealkylation sites (tertiary alicyclic amines) is 1. The van der Waals surface area contributed by atoms with Crippen LogP contribution < -0.4 is 10.6 Å². The standard InChI is InChI=1S/C22H26N4O3/c1-22(2,3)26-14-17(11-19(26)27)21(29)25-18-9-5-4-7-15(18)13-24-20(28)16-8-6-10-23-12-16/h4-10,12,17H,11,13-14H2,1-3H3,(H,24,28)(H,25,29). The molecule has 1 saturated heterocycles. The molecule has 152 valence electrons. The SMILES string of the molecule is CC(C)(C)N1CC(C(=O)Nc2ccccc2CNC(=O)c2cccnc2)CC1=O. The molecule has 2 N–H and O–H groups in total. The van der Waals surface area contributed by atoms with E-state index in [1.165, 1.54) is 6.20 Å². The highest BCUT2D eigenvalue weighted by Crippen LogP contribution is 2.27. The van der Waals surface area contributed by atoms with Gasteiger partial charge in [0.05, 0.1) is 11.5 Å². The van der Waals surface area contributed by atoms with E-state index >= 15 is 0 Å². The van der Waals surface area contributed by atoms with Gasteiger partial charge >= 0.3 is 0 Å². The van der Waals surface area contributed by atoms with E-state index in [9.17, 15) is 14.4 Å². The quantitative estimate of drug-likeness (QED) is 0.815. The summed E-state index contributed by atoms with van der Waals surface area (Å²) in [6.07, 6.45) is 3.32. The average Bonchev–Trinajstić information content (AvgIpc) is 3.10. The number of aromatic nitrogens is 1. The van der Waals surface area contributed by atoms with Crippen molar-refractivity contribution in [2.45, 2.75) is 39.3 Å². The molecule has 1 aliphatic heterocycles. The minimum absolute atomic E-state index is 0.00494. The van der Waals surface area contributed by atoms with Gasteiger partial charge in [-0.25, -0.2) is 0 Å². The third-order valence-corrected chi connectivity index (χ3v) is 4.94. The predicted octanol–water partition coefficient (Wildman–Crippen LogP) is 2.60. The Hall–Kier alpha value is -3.22. The van der Waals surface area contributed by atoms with Gasteiger partial charge in [0.2, 0.25) is 11.8 Å². The number of para-hydroxylation sites is 1. The smallest absolute Gasteiger partial charge is 0.253 e. The molecule has 7 heteroatoms. The zero-order valence-electron chi connectivity index (χ0n) is 16.9. The largest absolute Gasteiger partial charge is 0.348 e. The molecular formula is C22H26N4O3. The van der Waals surface area contributed by atoms with Crippen LogP contribution >= 0.6 is 0 Å². The molecule has 3 rings (SSSR count). The lowest BCUT2D eigenvalue weighted by molar-refractivity contribution is -0.131. The van der Waals surface area contributed by atoms with Gasteiger partial charge in [0, 0.05) is 43.1 Å². The number of nitrogens with one attached hydrogen (secondary N) is 2. The summed E-state index contributed by atoms with van der Waals surface area (Å²) in [7, 11) is 0. The molecule has 0 spiro atoms. The Bertz CT molecular complexity index is 906. The van der Waals surface area contributed by atoms with Crippen LogP contribution in [0.2, 0.25) is 0 Å². The van der Waals surface area contributed by atoms with Crippen LogP contribution in [0.3, 0.4) is 0 Å². The lowest BCUT2D eigenvalue weighted by atomic mass is 10.1. The maximum absolute atomic E-state index is 12.8. The minimum atomic E-state index is -0.389. The van der Waals surface area contributed by atoms with Crippen molar-refractivity contribution in [1.29, 1.82) is 0 Å². The molecule has 1 aromatic heterocycles. The average molecular weight is 394 g/mol. The number of rotatable bonds is 5. The molecule has 1 atom stereocenters. The van der Waals surface area contributed by atoms with Gasteiger partial charge in [0.15, 0.2) is 0 Å². The Morgan fingerprint density at radius 3 is 2.59 bits per heavy atom. The van der Waals surface area contributed by atoms with E-state index in [1.54, 1.807) is 29.3 Å². The third-order valence-electron chi connectivity index (χ3n) is 4.94. The predicted molar refractivity (Wildman–Crippen MR) is 110 cm³/mol. The van der Waals surface area contributed by atoms with Crippen molar-refractivity contribution in [2.75, 3.05) is 11.9 Å². The van der Waals surface area contributed by atoms with Gasteiger partial charge in [-0.2, -0.15) is 0 Å². The Labute approximate surface area is 170 Å². The molecule has 2 heterocycles. The fraction of sp³-hybridized carbons (Fsp3) is 0.364. The highest BCUT2D eigenvalue weighted by molar-refractivity contribution is 5.98. The molecule has 0 saturated carbocycles. The maximum atomic E-state index is 12.8. The molecular weight excluding hydrogens is 368 g/mol. The van der Waals surface area contributed by atoms with E-state index < -0.39 is 0 Å². The molecule has 1 aromatic carbocycles. The summed E-state index contributed by atoms with van der Waals surface area (Å²) >= 11 is 0. The van der Waals surface area contributed by atoms with Crippen LogP contribution in [0.5, 0.6) is 0 Å². The summed E-state index contributed by atoms with van der Waals surface area (Å²) in [5, 5.41) is 5.77. The third kappa shape index (κ3) is 4.99. The lowest BCUT2D eigenvalue weighted by Crippen LogP contribution is -2.42. The summed E-state index contributed by atoms with van der Waals surface area (Å²) in [4.78, 5) is 43.0. The van der Waals surface area contributed by atoms with Gasteiger partial charge in [-0.05, 0) is 44.5 Å². The highest BCUT2D eigenvalue weighted by Gasteiger charge is 2.39. The fourth-order valence-electron chi connectivity index (χ4n) is 3.34. The molecule has 1 aliphatic rings. The Morgan fingerprint density at radius 2 is 1.93 bits per heavy atom. The second kappa shape index (κ2) is 8.43. The second-order valence-corrected chi connectivity index (χ2v) is 8.15. The van der Waals surface area contributed by atoms with Crippen molar-refractivity contribution in [2.24, 2.45) is 5.92 Å². The first-order valence-corrected chi connectivity index (χ1v) is 9.63. The van der Waals surface area contributed by atoms with Crippen LogP contribution in [-0.2, 0) is 16.1 Å². The van der Waals surface area contributed by atoms with Crippen LogP contribution in [0.4, 0.5) is 5.69 Å². The van der Waals surface area contributed by atoms with Crippen LogP contribution in [0, 0.1) is 5.92 Å². The molecule has 1 unspecified atom stereocenters. The number of amides is 3. The molecule has 7 nitrogen and oxygen atoms in total. The number of carbonyl (C=O) groups is 3. The van der Waals surface area contributed by atoms with Gasteiger partial charge < -0.3 is 15.5 Å². The molecule has 29 heavy (non-hydrogen) atoms. The summed E-state index contributed by atoms with van der Waals surface area (Å²) in [5.41, 5.74) is 1.59. The summed E-state index contributed by atoms with van der Waals surface area (Å²) in [5.74, 6) is -0.813. The van der Waals surface area contributed by atoms with E-state index in [2.05, 4.69) is 15.6 Å². The van der Waals surface area contributed by atoms with Crippen LogP contribution in [0.15, 0.2) is 48.8 Å². The zero-order valence-corrected chi connectivity index (χ0v) is 16.9. The van der Waals surface area contributed by atoms with Crippen molar-refractivity contribution >= 4 is 23.4 Å². The van der Waals surface area contributed by atoms with Crippen molar-refractivity contribution in [1.82, 2.24) is 15.2 Å². The number of hydrogen-bond donors (Lipinski definition) is 2. The van der Waals surface area contributed by atoms with Gasteiger partial charge in [-0.3, -0.25) is 19.4 Å². The van der Waals surface area contributed by atoms with E-state index in [-0.39, 0.29) is 42.1 Å². The Morgan fingerprint density at radius 1 is 1.17 bits per heavy atom. The van der Waals surface area contributed by atoms with E-state index in [0.717, 1.165) is 5.56 Å². The van der Waals surface area contributed by atoms with Gasteiger partial charge in [-0.15, -0.1) is 0 Å². The molecule has 0 aliphatic carbocycles. The van der Waals surface area contributed by atoms with Gasteiger partial charge in [0.25, 0.3) is 5.91 Å². The first-order valence-electron chi connectivity index (χ1n) is 9.63. The van der Waals surface area contributed by atoms with E-state index in [1.807, 2.05) is 39.0 Å². The number of benzene rings is 1. The fourth-order valence-corrected chi connectivity index (χ4v) is 3.34. The normalized spacial score (nSPS) is 16.6. The first kappa shape index (κ1) is 20.5. The molecule has 1 fully saturated rings. The van der Waals surface area contributed by atoms with Crippen LogP contribution in [-0.4, -0.2) is 39.7 Å². The lowest BCUT2D eigenvalue weighted by Gasteiger charge is -2.32. The van der Waals surface area contributed by atoms with Crippen LogP contribution in [0.1, 0.15) is 43.1 Å². The maximum Gasteiger partial charge on any atom is 0.253 e. The number of anilines is 1. The van der Waals surface area contributed by atoms with Gasteiger partial charge in [0.1, 0.15) is 0 Å². The van der Waals surface area contributed by atoms with Crippen molar-refractivity contribution in [3.8, 4) is 0 Å². The number of nitrogens with zero attached hydrogens (tertiary/aromatic N) is 2. The van der Waals surface area contributed by atoms with E-state index in [4.69, 9.17) is 0 Å². The van der Waals surface area contributed by atoms with Crippen molar-refractivity contribution < 1.29 is 14.4 Å². The molecule has 0 bridgehead atoms. The van der Waals surface area contributed by atoms with Crippen LogP contribution in [0.25, 0.3) is 0 Å². The van der Waals surface area contributed by atoms with Gasteiger partial charge in [-0.1, -0.05) is 18.2 Å². The summed E-state index contributed by atoms with van der Waals surface area (Å²) in [6, 6.07) is 10.7. The van der Waals surface area contributed by atoms with Crippen molar-refractivity contribution in [3.05, 3.63) is 59.9 Å². The zero-order chi connectivity index (χ0) is 21.0. The van der Waals surface area contributed by atoms with Crippen molar-refractivity contribution in [3.63, 3.8) is 0 Å². The number of pyridine rings is 1. The highest BCUT2D eigenvalue weighted by atomic mass is 16.2. The first-order chi connectivity index (χ1) is 13.8. The monoisotopic (exact) mass is 394 g/mol. The second-order valence-electron chi connectivity index (χ2n) is 8.15. The molecule has 0 radical (unpaired) electrons. The minimum Gasteiger partial charge on any atom is -0.348 e.